The topological polar surface area (TPSA) is 102 Å². The smallest absolute Gasteiger partial charge is 0.283 e. The molecule has 1 aliphatic heterocycles. The number of amides is 2. The molecular weight excluding hydrogens is 508 g/mol. The average Bonchev–Trinajstić information content (AvgIpc) is 3.45. The quantitative estimate of drug-likeness (QED) is 0.235. The van der Waals surface area contributed by atoms with Gasteiger partial charge in [-0.3, -0.25) is 9.59 Å². The number of hydrazone groups is 1. The van der Waals surface area contributed by atoms with Crippen LogP contribution in [0.1, 0.15) is 23.6 Å². The van der Waals surface area contributed by atoms with Crippen molar-refractivity contribution >= 4 is 40.2 Å². The van der Waals surface area contributed by atoms with E-state index in [1.54, 1.807) is 31.4 Å². The second kappa shape index (κ2) is 12.1. The molecule has 1 aliphatic rings. The van der Waals surface area contributed by atoms with Gasteiger partial charge in [-0.05, 0) is 52.2 Å². The van der Waals surface area contributed by atoms with Gasteiger partial charge in [0.1, 0.15) is 17.7 Å². The molecule has 9 nitrogen and oxygen atoms in total. The summed E-state index contributed by atoms with van der Waals surface area (Å²) in [5, 5.41) is 14.7. The van der Waals surface area contributed by atoms with Crippen LogP contribution < -0.4 is 14.8 Å². The fourth-order valence-electron chi connectivity index (χ4n) is 4.53. The predicted octanol–water partition coefficient (Wildman–Crippen LogP) is 5.18. The third-order valence-corrected chi connectivity index (χ3v) is 6.55. The highest BCUT2D eigenvalue weighted by Crippen LogP contribution is 2.34. The van der Waals surface area contributed by atoms with Gasteiger partial charge in [-0.25, -0.2) is 5.01 Å². The maximum absolute atomic E-state index is 13.2. The molecule has 1 atom stereocenters. The highest BCUT2D eigenvalue weighted by molar-refractivity contribution is 6.31. The minimum absolute atomic E-state index is 0.332. The second-order valence-electron chi connectivity index (χ2n) is 9.04. The van der Waals surface area contributed by atoms with Crippen molar-refractivity contribution in [2.24, 2.45) is 10.3 Å². The summed E-state index contributed by atoms with van der Waals surface area (Å²) in [4.78, 5) is 30.7. The molecule has 1 unspecified atom stereocenters. The van der Waals surface area contributed by atoms with Crippen LogP contribution in [0.15, 0.2) is 101 Å². The molecule has 0 aliphatic carbocycles. The molecule has 0 bridgehead atoms. The first-order valence-electron chi connectivity index (χ1n) is 12.7. The number of carbonyl (C=O) groups excluding carboxylic acids is 2. The van der Waals surface area contributed by atoms with Crippen molar-refractivity contribution in [1.29, 1.82) is 0 Å². The van der Waals surface area contributed by atoms with Crippen LogP contribution in [-0.2, 0) is 14.4 Å². The average molecular weight is 537 g/mol. The predicted molar refractivity (Wildman–Crippen MR) is 154 cm³/mol. The van der Waals surface area contributed by atoms with E-state index in [9.17, 15) is 9.59 Å². The van der Waals surface area contributed by atoms with Crippen LogP contribution in [-0.4, -0.2) is 49.6 Å². The number of rotatable bonds is 9. The van der Waals surface area contributed by atoms with Crippen LogP contribution in [0.25, 0.3) is 10.8 Å². The van der Waals surface area contributed by atoms with Gasteiger partial charge in [-0.1, -0.05) is 65.8 Å². The number of oxime groups is 1. The Kier molecular flexibility index (Phi) is 8.01. The lowest BCUT2D eigenvalue weighted by Crippen LogP contribution is -2.30. The Balaban J connectivity index is 1.30. The van der Waals surface area contributed by atoms with E-state index in [0.29, 0.717) is 17.9 Å². The summed E-state index contributed by atoms with van der Waals surface area (Å²) in [7, 11) is 3.12. The molecule has 40 heavy (non-hydrogen) atoms. The van der Waals surface area contributed by atoms with E-state index in [4.69, 9.17) is 19.4 Å². The normalized spacial score (nSPS) is 14.7. The maximum Gasteiger partial charge on any atom is 0.283 e. The van der Waals surface area contributed by atoms with Crippen LogP contribution in [0.4, 0.5) is 5.69 Å². The van der Waals surface area contributed by atoms with Crippen LogP contribution in [0.3, 0.4) is 0 Å². The largest absolute Gasteiger partial charge is 0.497 e. The Hall–Kier alpha value is -5.18. The summed E-state index contributed by atoms with van der Waals surface area (Å²) in [5.41, 5.74) is 3.14. The van der Waals surface area contributed by atoms with Gasteiger partial charge in [-0.15, -0.1) is 0 Å². The van der Waals surface area contributed by atoms with E-state index in [2.05, 4.69) is 22.6 Å². The van der Waals surface area contributed by atoms with E-state index in [0.717, 1.165) is 39.6 Å². The third-order valence-electron chi connectivity index (χ3n) is 6.55. The zero-order valence-corrected chi connectivity index (χ0v) is 22.1. The minimum Gasteiger partial charge on any atom is -0.497 e. The summed E-state index contributed by atoms with van der Waals surface area (Å²) >= 11 is 0. The molecule has 5 rings (SSSR count). The van der Waals surface area contributed by atoms with Crippen LogP contribution in [0, 0.1) is 0 Å². The van der Waals surface area contributed by atoms with Gasteiger partial charge in [0.25, 0.3) is 11.8 Å². The molecule has 0 saturated heterocycles. The maximum atomic E-state index is 13.2. The molecule has 202 valence electrons. The zero-order valence-electron chi connectivity index (χ0n) is 22.1. The van der Waals surface area contributed by atoms with E-state index >= 15 is 0 Å². The lowest BCUT2D eigenvalue weighted by Gasteiger charge is -2.21. The van der Waals surface area contributed by atoms with E-state index in [1.807, 2.05) is 54.6 Å². The molecular formula is C31H28N4O5. The number of carbonyl (C=O) groups is 2. The molecule has 0 spiro atoms. The van der Waals surface area contributed by atoms with E-state index in [-0.39, 0.29) is 18.6 Å². The first kappa shape index (κ1) is 26.4. The molecule has 4 aromatic carbocycles. The van der Waals surface area contributed by atoms with Crippen molar-refractivity contribution in [2.45, 2.75) is 12.5 Å². The number of fused-ring (bicyclic) bond motifs is 1. The molecule has 0 radical (unpaired) electrons. The van der Waals surface area contributed by atoms with Crippen molar-refractivity contribution < 1.29 is 23.9 Å². The number of hydrogen-bond acceptors (Lipinski definition) is 7. The summed E-state index contributed by atoms with van der Waals surface area (Å²) < 4.78 is 10.5. The highest BCUT2D eigenvalue weighted by Gasteiger charge is 2.33. The van der Waals surface area contributed by atoms with Gasteiger partial charge < -0.3 is 19.6 Å². The van der Waals surface area contributed by atoms with E-state index < -0.39 is 5.91 Å². The molecule has 0 aromatic heterocycles. The fourth-order valence-corrected chi connectivity index (χ4v) is 4.53. The Labute approximate surface area is 231 Å². The van der Waals surface area contributed by atoms with Crippen LogP contribution in [0.2, 0.25) is 0 Å². The number of para-hydroxylation sites is 2. The Morgan fingerprint density at radius 1 is 0.950 bits per heavy atom. The summed E-state index contributed by atoms with van der Waals surface area (Å²) in [6.07, 6.45) is 1.50. The van der Waals surface area contributed by atoms with Crippen LogP contribution >= 0.6 is 0 Å². The number of nitrogens with zero attached hydrogens (tertiary/aromatic N) is 3. The number of benzene rings is 4. The number of methoxy groups -OCH3 is 2. The molecule has 2 amide bonds. The highest BCUT2D eigenvalue weighted by atomic mass is 16.6. The molecule has 1 N–H and O–H groups in total. The molecule has 0 saturated carbocycles. The summed E-state index contributed by atoms with van der Waals surface area (Å²) in [6.45, 7) is -0.389. The van der Waals surface area contributed by atoms with Gasteiger partial charge >= 0.3 is 0 Å². The Morgan fingerprint density at radius 2 is 1.70 bits per heavy atom. The Bertz CT molecular complexity index is 1580. The van der Waals surface area contributed by atoms with Gasteiger partial charge in [0.15, 0.2) is 6.61 Å². The number of ether oxygens (including phenoxy) is 2. The van der Waals surface area contributed by atoms with Gasteiger partial charge in [-0.2, -0.15) is 5.10 Å². The van der Waals surface area contributed by atoms with Gasteiger partial charge in [0.05, 0.1) is 31.7 Å². The number of nitrogens with one attached hydrogen (secondary N) is 1. The van der Waals surface area contributed by atoms with Crippen molar-refractivity contribution in [3.63, 3.8) is 0 Å². The number of hydrogen-bond donors (Lipinski definition) is 1. The standard InChI is InChI=1S/C31H28N4O5/c1-38-25-15-13-22(14-16-25)28-18-27(24-12-11-21-7-3-4-8-23(21)17-24)34-35(28)31(37)20-40-32-19-30(36)33-26-9-5-6-10-29(26)39-2/h3-17,19,28H,18,20H2,1-2H3,(H,33,36)/b32-19+. The van der Waals surface area contributed by atoms with Crippen molar-refractivity contribution in [1.82, 2.24) is 5.01 Å². The van der Waals surface area contributed by atoms with Crippen molar-refractivity contribution in [3.8, 4) is 11.5 Å². The van der Waals surface area contributed by atoms with Gasteiger partial charge in [0, 0.05) is 6.42 Å². The third kappa shape index (κ3) is 5.94. The SMILES string of the molecule is COc1ccc(C2CC(c3ccc4ccccc4c3)=NN2C(=O)CO/N=C/C(=O)Nc2ccccc2OC)cc1. The summed E-state index contributed by atoms with van der Waals surface area (Å²) in [6, 6.07) is 28.5. The number of anilines is 1. The van der Waals surface area contributed by atoms with Crippen LogP contribution in [0.5, 0.6) is 11.5 Å². The van der Waals surface area contributed by atoms with Gasteiger partial charge in [0.2, 0.25) is 0 Å². The Morgan fingerprint density at radius 3 is 2.48 bits per heavy atom. The first-order valence-corrected chi connectivity index (χ1v) is 12.7. The molecule has 1 heterocycles. The van der Waals surface area contributed by atoms with Crippen molar-refractivity contribution in [2.75, 3.05) is 26.1 Å². The molecule has 4 aromatic rings. The fraction of sp³-hybridized carbons (Fsp3) is 0.161. The minimum atomic E-state index is -0.522. The molecule has 0 fully saturated rings. The molecule has 9 heteroatoms. The lowest BCUT2D eigenvalue weighted by molar-refractivity contribution is -0.138. The first-order chi connectivity index (χ1) is 19.6. The summed E-state index contributed by atoms with van der Waals surface area (Å²) in [5.74, 6) is 0.322. The monoisotopic (exact) mass is 536 g/mol. The second-order valence-corrected chi connectivity index (χ2v) is 9.04. The van der Waals surface area contributed by atoms with E-state index in [1.165, 1.54) is 12.1 Å². The zero-order chi connectivity index (χ0) is 27.9. The lowest BCUT2D eigenvalue weighted by atomic mass is 9.97. The van der Waals surface area contributed by atoms with Crippen molar-refractivity contribution in [3.05, 3.63) is 102 Å².